The average molecular weight is 558 g/mol. The summed E-state index contributed by atoms with van der Waals surface area (Å²) in [5.74, 6) is 1.23. The normalized spacial score (nSPS) is 19.7. The zero-order chi connectivity index (χ0) is 26.0. The van der Waals surface area contributed by atoms with Crippen molar-refractivity contribution in [1.29, 1.82) is 0 Å². The van der Waals surface area contributed by atoms with Gasteiger partial charge in [0.1, 0.15) is 10.4 Å². The van der Waals surface area contributed by atoms with Crippen LogP contribution in [0.15, 0.2) is 29.3 Å². The molecule has 2 saturated carbocycles. The van der Waals surface area contributed by atoms with Crippen LogP contribution in [0, 0.1) is 0 Å². The number of rotatable bonds is 5. The van der Waals surface area contributed by atoms with Crippen molar-refractivity contribution in [2.24, 2.45) is 0 Å². The second-order valence-electron chi connectivity index (χ2n) is 10.4. The van der Waals surface area contributed by atoms with E-state index in [9.17, 15) is 18.0 Å². The molecule has 0 bridgehead atoms. The fourth-order valence-corrected chi connectivity index (χ4v) is 7.63. The molecule has 198 valence electrons. The summed E-state index contributed by atoms with van der Waals surface area (Å²) in [6, 6.07) is 6.28. The lowest BCUT2D eigenvalue weighted by molar-refractivity contribution is -0.137. The number of nitrogens with one attached hydrogen (secondary N) is 2. The van der Waals surface area contributed by atoms with Crippen LogP contribution < -0.4 is 10.6 Å². The van der Waals surface area contributed by atoms with Gasteiger partial charge in [-0.1, -0.05) is 6.07 Å². The summed E-state index contributed by atoms with van der Waals surface area (Å²) in [6.45, 7) is 2.37. The van der Waals surface area contributed by atoms with Gasteiger partial charge >= 0.3 is 6.18 Å². The van der Waals surface area contributed by atoms with Crippen LogP contribution in [0.5, 0.6) is 0 Å². The number of carbonyl (C=O) groups excluding carboxylic acids is 1. The van der Waals surface area contributed by atoms with E-state index in [1.54, 1.807) is 6.07 Å². The van der Waals surface area contributed by atoms with Crippen LogP contribution in [0.25, 0.3) is 10.6 Å². The Hall–Kier alpha value is -2.63. The summed E-state index contributed by atoms with van der Waals surface area (Å²) in [4.78, 5) is 25.2. The molecule has 38 heavy (non-hydrogen) atoms. The number of carbonyl (C=O) groups is 1. The maximum absolute atomic E-state index is 14.1. The van der Waals surface area contributed by atoms with Crippen molar-refractivity contribution in [3.63, 3.8) is 0 Å². The Morgan fingerprint density at radius 3 is 2.71 bits per heavy atom. The van der Waals surface area contributed by atoms with Gasteiger partial charge in [-0.05, 0) is 73.4 Å². The molecule has 2 aliphatic heterocycles. The number of hydrogen-bond acceptors (Lipinski definition) is 7. The highest BCUT2D eigenvalue weighted by Crippen LogP contribution is 2.47. The van der Waals surface area contributed by atoms with Gasteiger partial charge < -0.3 is 15.5 Å². The zero-order valence-corrected chi connectivity index (χ0v) is 22.2. The number of thiophene rings is 1. The van der Waals surface area contributed by atoms with Gasteiger partial charge in [0.2, 0.25) is 5.95 Å². The maximum atomic E-state index is 14.1. The van der Waals surface area contributed by atoms with E-state index in [1.165, 1.54) is 28.5 Å². The minimum atomic E-state index is -4.62. The SMILES string of the molecule is O=C1c2sc(-c3nc(Nc4cc5c(cc4C4CC4)CCNC5)ncc3C(F)(F)F)cc2SCCN1C1CC1. The molecule has 0 saturated heterocycles. The molecule has 7 rings (SSSR count). The molecule has 1 aromatic carbocycles. The van der Waals surface area contributed by atoms with Crippen LogP contribution in [-0.4, -0.2) is 45.7 Å². The first-order chi connectivity index (χ1) is 18.3. The van der Waals surface area contributed by atoms with Crippen LogP contribution >= 0.6 is 23.1 Å². The lowest BCUT2D eigenvalue weighted by Crippen LogP contribution is -2.33. The number of nitrogens with zero attached hydrogens (tertiary/aromatic N) is 3. The predicted octanol–water partition coefficient (Wildman–Crippen LogP) is 6.20. The van der Waals surface area contributed by atoms with E-state index in [1.807, 2.05) is 4.90 Å². The van der Waals surface area contributed by atoms with E-state index in [0.29, 0.717) is 22.2 Å². The smallest absolute Gasteiger partial charge is 0.334 e. The molecule has 4 aliphatic rings. The second kappa shape index (κ2) is 9.24. The predicted molar refractivity (Wildman–Crippen MR) is 142 cm³/mol. The molecule has 2 aliphatic carbocycles. The number of thioether (sulfide) groups is 1. The van der Waals surface area contributed by atoms with Gasteiger partial charge in [-0.15, -0.1) is 23.1 Å². The topological polar surface area (TPSA) is 70.1 Å². The highest BCUT2D eigenvalue weighted by molar-refractivity contribution is 7.99. The van der Waals surface area contributed by atoms with E-state index in [-0.39, 0.29) is 23.6 Å². The van der Waals surface area contributed by atoms with E-state index < -0.39 is 11.7 Å². The molecule has 3 aromatic rings. The molecular formula is C27H26F3N5OS2. The summed E-state index contributed by atoms with van der Waals surface area (Å²) in [6.07, 6.45) is 1.40. The van der Waals surface area contributed by atoms with Crippen LogP contribution in [0.2, 0.25) is 0 Å². The first-order valence-corrected chi connectivity index (χ1v) is 14.8. The molecule has 6 nitrogen and oxygen atoms in total. The summed E-state index contributed by atoms with van der Waals surface area (Å²) < 4.78 is 42.2. The Labute approximate surface area is 226 Å². The van der Waals surface area contributed by atoms with Gasteiger partial charge in [0.05, 0.1) is 10.6 Å². The van der Waals surface area contributed by atoms with Crippen molar-refractivity contribution >= 4 is 40.6 Å². The van der Waals surface area contributed by atoms with Crippen molar-refractivity contribution in [2.75, 3.05) is 24.2 Å². The third-order valence-corrected chi connectivity index (χ3v) is 9.86. The molecule has 4 heterocycles. The van der Waals surface area contributed by atoms with E-state index >= 15 is 0 Å². The third kappa shape index (κ3) is 4.58. The quantitative estimate of drug-likeness (QED) is 0.389. The summed E-state index contributed by atoms with van der Waals surface area (Å²) in [5, 5.41) is 6.63. The molecule has 1 amide bonds. The highest BCUT2D eigenvalue weighted by atomic mass is 32.2. The Bertz CT molecular complexity index is 1430. The van der Waals surface area contributed by atoms with Gasteiger partial charge in [-0.3, -0.25) is 4.79 Å². The average Bonchev–Trinajstić information content (AvgIpc) is 3.82. The second-order valence-corrected chi connectivity index (χ2v) is 12.6. The number of halogens is 3. The molecule has 0 atom stereocenters. The van der Waals surface area contributed by atoms with Crippen molar-refractivity contribution < 1.29 is 18.0 Å². The van der Waals surface area contributed by atoms with E-state index in [2.05, 4.69) is 32.7 Å². The van der Waals surface area contributed by atoms with E-state index in [4.69, 9.17) is 0 Å². The molecule has 2 fully saturated rings. The van der Waals surface area contributed by atoms with Crippen molar-refractivity contribution in [2.45, 2.75) is 61.7 Å². The molecule has 11 heteroatoms. The van der Waals surface area contributed by atoms with Gasteiger partial charge in [0.25, 0.3) is 5.91 Å². The Morgan fingerprint density at radius 1 is 1.11 bits per heavy atom. The Kier molecular flexibility index (Phi) is 5.93. The van der Waals surface area contributed by atoms with Crippen LogP contribution in [-0.2, 0) is 19.1 Å². The minimum Gasteiger partial charge on any atom is -0.334 e. The van der Waals surface area contributed by atoms with Gasteiger partial charge in [-0.25, -0.2) is 9.97 Å². The lowest BCUT2D eigenvalue weighted by Gasteiger charge is -2.21. The zero-order valence-electron chi connectivity index (χ0n) is 20.5. The number of anilines is 2. The van der Waals surface area contributed by atoms with Crippen LogP contribution in [0.3, 0.4) is 0 Å². The largest absolute Gasteiger partial charge is 0.420 e. The fourth-order valence-electron chi connectivity index (χ4n) is 5.32. The first kappa shape index (κ1) is 24.4. The number of hydrogen-bond donors (Lipinski definition) is 2. The van der Waals surface area contributed by atoms with Gasteiger partial charge in [0, 0.05) is 41.7 Å². The number of alkyl halides is 3. The summed E-state index contributed by atoms with van der Waals surface area (Å²) in [7, 11) is 0. The minimum absolute atomic E-state index is 0.0820. The van der Waals surface area contributed by atoms with Crippen molar-refractivity contribution in [3.8, 4) is 10.6 Å². The number of benzene rings is 1. The monoisotopic (exact) mass is 557 g/mol. The third-order valence-electron chi connectivity index (χ3n) is 7.58. The highest BCUT2D eigenvalue weighted by Gasteiger charge is 2.39. The number of aromatic nitrogens is 2. The molecule has 2 N–H and O–H groups in total. The standard InChI is InChI=1S/C27H26F3N5OS2/c28-27(29,30)19-13-32-26(33-20-10-16-12-31-6-5-15(16)9-18(20)14-1-2-14)34-23(19)21-11-22-24(38-21)25(36)35(7-8-37-22)17-3-4-17/h9-11,13-14,17,31H,1-8,12H2,(H,32,33,34). The fraction of sp³-hybridized carbons (Fsp3) is 0.444. The summed E-state index contributed by atoms with van der Waals surface area (Å²) >= 11 is 2.63. The number of amides is 1. The first-order valence-electron chi connectivity index (χ1n) is 13.0. The molecular weight excluding hydrogens is 531 g/mol. The van der Waals surface area contributed by atoms with E-state index in [0.717, 1.165) is 79.1 Å². The van der Waals surface area contributed by atoms with Crippen LogP contribution in [0.1, 0.15) is 63.5 Å². The molecule has 2 aromatic heterocycles. The lowest BCUT2D eigenvalue weighted by atomic mass is 9.95. The molecule has 0 spiro atoms. The van der Waals surface area contributed by atoms with Gasteiger partial charge in [-0.2, -0.15) is 13.2 Å². The van der Waals surface area contributed by atoms with Gasteiger partial charge in [0.15, 0.2) is 0 Å². The molecule has 0 radical (unpaired) electrons. The number of fused-ring (bicyclic) bond motifs is 2. The molecule has 0 unspecified atom stereocenters. The Morgan fingerprint density at radius 2 is 1.95 bits per heavy atom. The van der Waals surface area contributed by atoms with Crippen molar-refractivity contribution in [1.82, 2.24) is 20.2 Å². The summed E-state index contributed by atoms with van der Waals surface area (Å²) in [5.41, 5.74) is 3.47. The van der Waals surface area contributed by atoms with Crippen LogP contribution in [0.4, 0.5) is 24.8 Å². The maximum Gasteiger partial charge on any atom is 0.420 e. The Balaban J connectivity index is 1.27. The van der Waals surface area contributed by atoms with Crippen molar-refractivity contribution in [3.05, 3.63) is 51.5 Å².